The van der Waals surface area contributed by atoms with E-state index in [9.17, 15) is 9.59 Å². The minimum absolute atomic E-state index is 0.0627. The van der Waals surface area contributed by atoms with E-state index < -0.39 is 0 Å². The Balaban J connectivity index is 1.58. The lowest BCUT2D eigenvalue weighted by Gasteiger charge is -2.36. The average molecular weight is 365 g/mol. The van der Waals surface area contributed by atoms with E-state index in [0.717, 1.165) is 24.3 Å². The highest BCUT2D eigenvalue weighted by atomic mass is 16.2. The van der Waals surface area contributed by atoms with Crippen LogP contribution >= 0.6 is 0 Å². The molecule has 2 aromatic rings. The summed E-state index contributed by atoms with van der Waals surface area (Å²) in [6, 6.07) is 17.1. The molecule has 1 aliphatic rings. The molecule has 1 fully saturated rings. The molecule has 5 heteroatoms. The number of nitrogens with zero attached hydrogens (tertiary/aromatic N) is 2. The Kier molecular flexibility index (Phi) is 5.49. The van der Waals surface area contributed by atoms with Crippen LogP contribution in [0.25, 0.3) is 0 Å². The zero-order valence-electron chi connectivity index (χ0n) is 16.2. The molecule has 0 aliphatic carbocycles. The van der Waals surface area contributed by atoms with Gasteiger partial charge >= 0.3 is 0 Å². The van der Waals surface area contributed by atoms with Crippen LogP contribution in [-0.2, 0) is 0 Å². The number of anilines is 1. The van der Waals surface area contributed by atoms with E-state index in [1.807, 2.05) is 80.3 Å². The molecule has 0 spiro atoms. The predicted octanol–water partition coefficient (Wildman–Crippen LogP) is 3.18. The monoisotopic (exact) mass is 365 g/mol. The number of piperazine rings is 1. The molecule has 2 aromatic carbocycles. The van der Waals surface area contributed by atoms with Crippen LogP contribution in [0.4, 0.5) is 5.69 Å². The van der Waals surface area contributed by atoms with Gasteiger partial charge in [0.05, 0.1) is 0 Å². The first kappa shape index (κ1) is 19.0. The molecule has 27 heavy (non-hydrogen) atoms. The van der Waals surface area contributed by atoms with E-state index in [-0.39, 0.29) is 17.4 Å². The van der Waals surface area contributed by atoms with Gasteiger partial charge in [0, 0.05) is 48.5 Å². The minimum Gasteiger partial charge on any atom is -0.368 e. The van der Waals surface area contributed by atoms with Crippen LogP contribution in [0.1, 0.15) is 41.5 Å². The van der Waals surface area contributed by atoms with Crippen molar-refractivity contribution in [3.05, 3.63) is 65.7 Å². The summed E-state index contributed by atoms with van der Waals surface area (Å²) in [5.41, 5.74) is 2.22. The fourth-order valence-electron chi connectivity index (χ4n) is 3.17. The number of hydrogen-bond acceptors (Lipinski definition) is 3. The highest BCUT2D eigenvalue weighted by Crippen LogP contribution is 2.19. The number of rotatable bonds is 3. The largest absolute Gasteiger partial charge is 0.368 e. The molecule has 3 rings (SSSR count). The molecule has 1 heterocycles. The van der Waals surface area contributed by atoms with Crippen molar-refractivity contribution in [2.24, 2.45) is 0 Å². The summed E-state index contributed by atoms with van der Waals surface area (Å²) in [5, 5.41) is 2.97. The zero-order chi connectivity index (χ0) is 19.4. The Labute approximate surface area is 161 Å². The second-order valence-corrected chi connectivity index (χ2v) is 7.90. The molecular weight excluding hydrogens is 338 g/mol. The standard InChI is InChI=1S/C22H27N3O2/c1-22(2,3)23-20(26)17-9-11-19(12-10-17)24-13-15-25(16-14-24)21(27)18-7-5-4-6-8-18/h4-12H,13-16H2,1-3H3,(H,23,26). The van der Waals surface area contributed by atoms with Crippen molar-refractivity contribution < 1.29 is 9.59 Å². The quantitative estimate of drug-likeness (QED) is 0.909. The highest BCUT2D eigenvalue weighted by molar-refractivity contribution is 5.95. The van der Waals surface area contributed by atoms with E-state index >= 15 is 0 Å². The molecular formula is C22H27N3O2. The van der Waals surface area contributed by atoms with Gasteiger partial charge in [-0.15, -0.1) is 0 Å². The van der Waals surface area contributed by atoms with Crippen LogP contribution in [0.5, 0.6) is 0 Å². The first-order valence-corrected chi connectivity index (χ1v) is 9.35. The number of benzene rings is 2. The van der Waals surface area contributed by atoms with Gasteiger partial charge < -0.3 is 15.1 Å². The van der Waals surface area contributed by atoms with Crippen LogP contribution in [0.3, 0.4) is 0 Å². The summed E-state index contributed by atoms with van der Waals surface area (Å²) in [6.07, 6.45) is 0. The van der Waals surface area contributed by atoms with Crippen LogP contribution in [0, 0.1) is 0 Å². The van der Waals surface area contributed by atoms with E-state index in [4.69, 9.17) is 0 Å². The van der Waals surface area contributed by atoms with Crippen molar-refractivity contribution in [1.29, 1.82) is 0 Å². The van der Waals surface area contributed by atoms with Gasteiger partial charge in [-0.25, -0.2) is 0 Å². The summed E-state index contributed by atoms with van der Waals surface area (Å²) in [6.45, 7) is 8.86. The minimum atomic E-state index is -0.253. The maximum absolute atomic E-state index is 12.5. The third kappa shape index (κ3) is 4.88. The Morgan fingerprint density at radius 2 is 1.41 bits per heavy atom. The smallest absolute Gasteiger partial charge is 0.253 e. The van der Waals surface area contributed by atoms with Crippen molar-refractivity contribution >= 4 is 17.5 Å². The molecule has 0 radical (unpaired) electrons. The average Bonchev–Trinajstić information content (AvgIpc) is 2.67. The van der Waals surface area contributed by atoms with Crippen LogP contribution < -0.4 is 10.2 Å². The second-order valence-electron chi connectivity index (χ2n) is 7.90. The first-order valence-electron chi connectivity index (χ1n) is 9.35. The molecule has 0 unspecified atom stereocenters. The molecule has 1 saturated heterocycles. The molecule has 1 aliphatic heterocycles. The molecule has 0 saturated carbocycles. The van der Waals surface area contributed by atoms with Gasteiger partial charge in [0.2, 0.25) is 0 Å². The summed E-state index contributed by atoms with van der Waals surface area (Å²) in [4.78, 5) is 28.9. The van der Waals surface area contributed by atoms with Gasteiger partial charge in [-0.2, -0.15) is 0 Å². The van der Waals surface area contributed by atoms with Crippen LogP contribution in [0.2, 0.25) is 0 Å². The molecule has 5 nitrogen and oxygen atoms in total. The first-order chi connectivity index (χ1) is 12.8. The van der Waals surface area contributed by atoms with Gasteiger partial charge in [-0.3, -0.25) is 9.59 Å². The summed E-state index contributed by atoms with van der Waals surface area (Å²) < 4.78 is 0. The van der Waals surface area contributed by atoms with Gasteiger partial charge in [-0.1, -0.05) is 18.2 Å². The zero-order valence-corrected chi connectivity index (χ0v) is 16.2. The normalized spacial score (nSPS) is 14.8. The third-order valence-corrected chi connectivity index (χ3v) is 4.57. The Morgan fingerprint density at radius 3 is 1.96 bits per heavy atom. The molecule has 0 aromatic heterocycles. The molecule has 0 bridgehead atoms. The number of carbonyl (C=O) groups is 2. The second kappa shape index (κ2) is 7.82. The number of nitrogens with one attached hydrogen (secondary N) is 1. The summed E-state index contributed by atoms with van der Waals surface area (Å²) in [5.74, 6) is 0.0248. The lowest BCUT2D eigenvalue weighted by molar-refractivity contribution is 0.0746. The SMILES string of the molecule is CC(C)(C)NC(=O)c1ccc(N2CCN(C(=O)c3ccccc3)CC2)cc1. The molecule has 1 N–H and O–H groups in total. The fourth-order valence-corrected chi connectivity index (χ4v) is 3.17. The van der Waals surface area contributed by atoms with Gasteiger partial charge in [0.15, 0.2) is 0 Å². The number of amides is 2. The molecule has 2 amide bonds. The van der Waals surface area contributed by atoms with E-state index in [1.165, 1.54) is 0 Å². The molecule has 0 atom stereocenters. The lowest BCUT2D eigenvalue weighted by Crippen LogP contribution is -2.48. The van der Waals surface area contributed by atoms with Crippen molar-refractivity contribution in [2.45, 2.75) is 26.3 Å². The van der Waals surface area contributed by atoms with E-state index in [0.29, 0.717) is 18.7 Å². The van der Waals surface area contributed by atoms with Crippen LogP contribution in [-0.4, -0.2) is 48.4 Å². The Bertz CT molecular complexity index is 787. The third-order valence-electron chi connectivity index (χ3n) is 4.57. The Hall–Kier alpha value is -2.82. The summed E-state index contributed by atoms with van der Waals surface area (Å²) >= 11 is 0. The highest BCUT2D eigenvalue weighted by Gasteiger charge is 2.22. The van der Waals surface area contributed by atoms with Crippen LogP contribution in [0.15, 0.2) is 54.6 Å². The molecule has 142 valence electrons. The topological polar surface area (TPSA) is 52.7 Å². The number of carbonyl (C=O) groups excluding carboxylic acids is 2. The van der Waals surface area contributed by atoms with E-state index in [1.54, 1.807) is 0 Å². The van der Waals surface area contributed by atoms with E-state index in [2.05, 4.69) is 10.2 Å². The predicted molar refractivity (Wildman–Crippen MR) is 108 cm³/mol. The van der Waals surface area contributed by atoms with Gasteiger partial charge in [-0.05, 0) is 57.2 Å². The summed E-state index contributed by atoms with van der Waals surface area (Å²) in [7, 11) is 0. The number of hydrogen-bond donors (Lipinski definition) is 1. The fraction of sp³-hybridized carbons (Fsp3) is 0.364. The van der Waals surface area contributed by atoms with Gasteiger partial charge in [0.25, 0.3) is 11.8 Å². The van der Waals surface area contributed by atoms with Gasteiger partial charge in [0.1, 0.15) is 0 Å². The van der Waals surface area contributed by atoms with Crippen molar-refractivity contribution in [3.8, 4) is 0 Å². The van der Waals surface area contributed by atoms with Crippen molar-refractivity contribution in [1.82, 2.24) is 10.2 Å². The Morgan fingerprint density at radius 1 is 0.815 bits per heavy atom. The lowest BCUT2D eigenvalue weighted by atomic mass is 10.1. The maximum Gasteiger partial charge on any atom is 0.253 e. The maximum atomic E-state index is 12.5. The van der Waals surface area contributed by atoms with Crippen molar-refractivity contribution in [3.63, 3.8) is 0 Å². The van der Waals surface area contributed by atoms with Crippen molar-refractivity contribution in [2.75, 3.05) is 31.1 Å².